The van der Waals surface area contributed by atoms with E-state index in [2.05, 4.69) is 0 Å². The number of aryl methyl sites for hydroxylation is 1. The predicted octanol–water partition coefficient (Wildman–Crippen LogP) is 3.42. The van der Waals surface area contributed by atoms with Crippen molar-refractivity contribution in [1.82, 2.24) is 0 Å². The second kappa shape index (κ2) is 6.26. The summed E-state index contributed by atoms with van der Waals surface area (Å²) in [5, 5.41) is 9.01. The fourth-order valence-corrected chi connectivity index (χ4v) is 1.91. The van der Waals surface area contributed by atoms with Crippen LogP contribution in [0.5, 0.6) is 11.5 Å². The van der Waals surface area contributed by atoms with E-state index < -0.39 is 5.97 Å². The summed E-state index contributed by atoms with van der Waals surface area (Å²) in [5.41, 5.74) is 1.52. The zero-order chi connectivity index (χ0) is 15.4. The molecule has 21 heavy (non-hydrogen) atoms. The van der Waals surface area contributed by atoms with E-state index in [1.165, 1.54) is 31.4 Å². The van der Waals surface area contributed by atoms with Gasteiger partial charge in [0.1, 0.15) is 23.9 Å². The summed E-state index contributed by atoms with van der Waals surface area (Å²) in [4.78, 5) is 11.0. The number of carboxylic acids is 1. The number of aromatic carboxylic acids is 1. The number of rotatable bonds is 5. The molecule has 0 aliphatic heterocycles. The van der Waals surface area contributed by atoms with Crippen molar-refractivity contribution in [3.8, 4) is 11.5 Å². The molecule has 0 heterocycles. The smallest absolute Gasteiger partial charge is 0.335 e. The first kappa shape index (κ1) is 14.8. The van der Waals surface area contributed by atoms with E-state index in [1.54, 1.807) is 19.1 Å². The molecule has 0 spiro atoms. The van der Waals surface area contributed by atoms with Crippen LogP contribution in [0, 0.1) is 12.7 Å². The van der Waals surface area contributed by atoms with Gasteiger partial charge in [-0.25, -0.2) is 9.18 Å². The van der Waals surface area contributed by atoms with Crippen LogP contribution in [0.1, 0.15) is 21.5 Å². The van der Waals surface area contributed by atoms with Crippen LogP contribution in [0.25, 0.3) is 0 Å². The van der Waals surface area contributed by atoms with Gasteiger partial charge in [-0.2, -0.15) is 0 Å². The molecule has 0 saturated carbocycles. The molecular weight excluding hydrogens is 275 g/mol. The quantitative estimate of drug-likeness (QED) is 0.916. The number of hydrogen-bond acceptors (Lipinski definition) is 3. The van der Waals surface area contributed by atoms with Gasteiger partial charge in [-0.15, -0.1) is 0 Å². The second-order valence-corrected chi connectivity index (χ2v) is 4.53. The van der Waals surface area contributed by atoms with E-state index in [0.717, 1.165) is 5.56 Å². The Morgan fingerprint density at radius 2 is 1.95 bits per heavy atom. The van der Waals surface area contributed by atoms with Crippen LogP contribution in [0.4, 0.5) is 4.39 Å². The van der Waals surface area contributed by atoms with Crippen LogP contribution >= 0.6 is 0 Å². The van der Waals surface area contributed by atoms with Gasteiger partial charge in [-0.3, -0.25) is 0 Å². The highest BCUT2D eigenvalue weighted by Gasteiger charge is 2.10. The standard InChI is InChI=1S/C16H15FO4/c1-10-3-5-13(17)8-15(10)21-9-12-7-11(16(18)19)4-6-14(12)20-2/h3-8H,9H2,1-2H3,(H,18,19). The first-order valence-corrected chi connectivity index (χ1v) is 6.30. The molecular formula is C16H15FO4. The third kappa shape index (κ3) is 3.51. The van der Waals surface area contributed by atoms with Crippen molar-refractivity contribution in [2.45, 2.75) is 13.5 Å². The maximum atomic E-state index is 13.2. The van der Waals surface area contributed by atoms with Crippen molar-refractivity contribution in [2.24, 2.45) is 0 Å². The zero-order valence-corrected chi connectivity index (χ0v) is 11.7. The van der Waals surface area contributed by atoms with Crippen LogP contribution in [-0.4, -0.2) is 18.2 Å². The Morgan fingerprint density at radius 3 is 2.62 bits per heavy atom. The average molecular weight is 290 g/mol. The van der Waals surface area contributed by atoms with Gasteiger partial charge < -0.3 is 14.6 Å². The third-order valence-electron chi connectivity index (χ3n) is 3.06. The highest BCUT2D eigenvalue weighted by atomic mass is 19.1. The number of benzene rings is 2. The van der Waals surface area contributed by atoms with Gasteiger partial charge in [-0.1, -0.05) is 6.07 Å². The zero-order valence-electron chi connectivity index (χ0n) is 11.7. The normalized spacial score (nSPS) is 10.2. The van der Waals surface area contributed by atoms with Gasteiger partial charge in [0.2, 0.25) is 0 Å². The Morgan fingerprint density at radius 1 is 1.19 bits per heavy atom. The van der Waals surface area contributed by atoms with Crippen molar-refractivity contribution in [3.63, 3.8) is 0 Å². The lowest BCUT2D eigenvalue weighted by Crippen LogP contribution is -2.03. The van der Waals surface area contributed by atoms with Crippen molar-refractivity contribution in [3.05, 3.63) is 58.9 Å². The number of methoxy groups -OCH3 is 1. The topological polar surface area (TPSA) is 55.8 Å². The van der Waals surface area contributed by atoms with E-state index in [0.29, 0.717) is 17.1 Å². The van der Waals surface area contributed by atoms with Crippen LogP contribution in [0.2, 0.25) is 0 Å². The van der Waals surface area contributed by atoms with Crippen LogP contribution in [0.3, 0.4) is 0 Å². The van der Waals surface area contributed by atoms with Gasteiger partial charge >= 0.3 is 5.97 Å². The molecule has 0 atom stereocenters. The van der Waals surface area contributed by atoms with E-state index in [-0.39, 0.29) is 18.0 Å². The second-order valence-electron chi connectivity index (χ2n) is 4.53. The van der Waals surface area contributed by atoms with Crippen LogP contribution < -0.4 is 9.47 Å². The molecule has 0 saturated heterocycles. The van der Waals surface area contributed by atoms with Crippen molar-refractivity contribution < 1.29 is 23.8 Å². The Labute approximate surface area is 121 Å². The van der Waals surface area contributed by atoms with Crippen molar-refractivity contribution >= 4 is 5.97 Å². The molecule has 0 unspecified atom stereocenters. The van der Waals surface area contributed by atoms with E-state index >= 15 is 0 Å². The lowest BCUT2D eigenvalue weighted by Gasteiger charge is -2.12. The molecule has 2 aromatic rings. The molecule has 0 amide bonds. The minimum absolute atomic E-state index is 0.0919. The van der Waals surface area contributed by atoms with Crippen LogP contribution in [0.15, 0.2) is 36.4 Å². The van der Waals surface area contributed by atoms with E-state index in [4.69, 9.17) is 14.6 Å². The van der Waals surface area contributed by atoms with Gasteiger partial charge in [-0.05, 0) is 36.8 Å². The molecule has 0 aromatic heterocycles. The fourth-order valence-electron chi connectivity index (χ4n) is 1.91. The summed E-state index contributed by atoms with van der Waals surface area (Å²) < 4.78 is 23.9. The lowest BCUT2D eigenvalue weighted by molar-refractivity contribution is 0.0696. The van der Waals surface area contributed by atoms with Gasteiger partial charge in [0.05, 0.1) is 12.7 Å². The average Bonchev–Trinajstić information content (AvgIpc) is 2.47. The molecule has 0 radical (unpaired) electrons. The SMILES string of the molecule is COc1ccc(C(=O)O)cc1COc1cc(F)ccc1C. The Hall–Kier alpha value is -2.56. The highest BCUT2D eigenvalue weighted by Crippen LogP contribution is 2.24. The molecule has 0 aliphatic rings. The molecule has 0 aliphatic carbocycles. The van der Waals surface area contributed by atoms with Gasteiger partial charge in [0, 0.05) is 11.6 Å². The summed E-state index contributed by atoms with van der Waals surface area (Å²) in [6, 6.07) is 8.78. The molecule has 2 aromatic carbocycles. The van der Waals surface area contributed by atoms with E-state index in [1.807, 2.05) is 0 Å². The minimum Gasteiger partial charge on any atom is -0.496 e. The van der Waals surface area contributed by atoms with Crippen LogP contribution in [-0.2, 0) is 6.61 Å². The molecule has 110 valence electrons. The fraction of sp³-hybridized carbons (Fsp3) is 0.188. The first-order chi connectivity index (χ1) is 10.0. The molecule has 2 rings (SSSR count). The van der Waals surface area contributed by atoms with Crippen molar-refractivity contribution in [2.75, 3.05) is 7.11 Å². The van der Waals surface area contributed by atoms with Gasteiger partial charge in [0.15, 0.2) is 0 Å². The summed E-state index contributed by atoms with van der Waals surface area (Å²) in [6.45, 7) is 1.90. The summed E-state index contributed by atoms with van der Waals surface area (Å²) in [6.07, 6.45) is 0. The Bertz CT molecular complexity index is 667. The first-order valence-electron chi connectivity index (χ1n) is 6.30. The van der Waals surface area contributed by atoms with Crippen molar-refractivity contribution in [1.29, 1.82) is 0 Å². The molecule has 0 bridgehead atoms. The van der Waals surface area contributed by atoms with Gasteiger partial charge in [0.25, 0.3) is 0 Å². The molecule has 4 nitrogen and oxygen atoms in total. The molecule has 1 N–H and O–H groups in total. The summed E-state index contributed by atoms with van der Waals surface area (Å²) in [7, 11) is 1.49. The predicted molar refractivity (Wildman–Crippen MR) is 75.4 cm³/mol. The van der Waals surface area contributed by atoms with E-state index in [9.17, 15) is 9.18 Å². The highest BCUT2D eigenvalue weighted by molar-refractivity contribution is 5.88. The summed E-state index contributed by atoms with van der Waals surface area (Å²) in [5.74, 6) is -0.477. The minimum atomic E-state index is -1.03. The number of hydrogen-bond donors (Lipinski definition) is 1. The number of halogens is 1. The lowest BCUT2D eigenvalue weighted by atomic mass is 10.1. The monoisotopic (exact) mass is 290 g/mol. The number of ether oxygens (including phenoxy) is 2. The largest absolute Gasteiger partial charge is 0.496 e. The maximum Gasteiger partial charge on any atom is 0.335 e. The Kier molecular flexibility index (Phi) is 4.42. The number of carbonyl (C=O) groups is 1. The summed E-state index contributed by atoms with van der Waals surface area (Å²) >= 11 is 0. The number of carboxylic acid groups (broad SMARTS) is 1. The molecule has 5 heteroatoms. The maximum absolute atomic E-state index is 13.2. The molecule has 0 fully saturated rings. The Balaban J connectivity index is 2.24. The third-order valence-corrected chi connectivity index (χ3v) is 3.06.